The minimum absolute atomic E-state index is 0.0761. The Morgan fingerprint density at radius 2 is 2.04 bits per heavy atom. The maximum Gasteiger partial charge on any atom is 0.233 e. The molecule has 0 N–H and O–H groups in total. The van der Waals surface area contributed by atoms with Gasteiger partial charge in [0.05, 0.1) is 6.61 Å². The summed E-state index contributed by atoms with van der Waals surface area (Å²) >= 11 is 0. The highest BCUT2D eigenvalue weighted by molar-refractivity contribution is 5.95. The van der Waals surface area contributed by atoms with Crippen LogP contribution in [0, 0.1) is 34.0 Å². The number of Topliss-reactive ketones (excluding diaryl/α,β-unsaturated/α-hetero) is 1. The molecule has 5 fully saturated rings. The van der Waals surface area contributed by atoms with E-state index < -0.39 is 5.79 Å². The topological polar surface area (TPSA) is 35.5 Å². The Labute approximate surface area is 145 Å². The Bertz CT molecular complexity index is 641. The highest BCUT2D eigenvalue weighted by Gasteiger charge is 2.78. The van der Waals surface area contributed by atoms with Gasteiger partial charge in [-0.05, 0) is 55.8 Å². The molecule has 0 amide bonds. The molecule has 132 valence electrons. The van der Waals surface area contributed by atoms with Crippen molar-refractivity contribution in [2.24, 2.45) is 34.0 Å². The van der Waals surface area contributed by atoms with Crippen LogP contribution in [0.5, 0.6) is 0 Å². The summed E-state index contributed by atoms with van der Waals surface area (Å²) in [6, 6.07) is 0. The Morgan fingerprint density at radius 1 is 1.25 bits per heavy atom. The van der Waals surface area contributed by atoms with Crippen molar-refractivity contribution in [1.29, 1.82) is 0 Å². The maximum atomic E-state index is 13.9. The van der Waals surface area contributed by atoms with Crippen LogP contribution in [0.4, 0.5) is 0 Å². The van der Waals surface area contributed by atoms with Crippen LogP contribution in [0.3, 0.4) is 0 Å². The third-order valence-electron chi connectivity index (χ3n) is 8.89. The van der Waals surface area contributed by atoms with Gasteiger partial charge in [0.15, 0.2) is 5.78 Å². The van der Waals surface area contributed by atoms with Gasteiger partial charge >= 0.3 is 0 Å². The van der Waals surface area contributed by atoms with E-state index in [1.807, 2.05) is 0 Å². The van der Waals surface area contributed by atoms with Crippen LogP contribution in [0.15, 0.2) is 12.2 Å². The number of methoxy groups -OCH3 is 1. The molecule has 5 rings (SSSR count). The lowest BCUT2D eigenvalue weighted by molar-refractivity contribution is -0.272. The monoisotopic (exact) mass is 330 g/mol. The van der Waals surface area contributed by atoms with Crippen LogP contribution in [-0.2, 0) is 14.3 Å². The van der Waals surface area contributed by atoms with Gasteiger partial charge in [-0.1, -0.05) is 32.4 Å². The summed E-state index contributed by atoms with van der Waals surface area (Å²) < 4.78 is 12.3. The molecule has 2 bridgehead atoms. The zero-order valence-corrected chi connectivity index (χ0v) is 15.3. The van der Waals surface area contributed by atoms with Crippen LogP contribution < -0.4 is 0 Å². The van der Waals surface area contributed by atoms with E-state index in [1.165, 1.54) is 31.3 Å². The number of ether oxygens (including phenoxy) is 2. The molecule has 4 saturated carbocycles. The second-order valence-corrected chi connectivity index (χ2v) is 9.96. The van der Waals surface area contributed by atoms with E-state index in [9.17, 15) is 4.79 Å². The van der Waals surface area contributed by atoms with Crippen molar-refractivity contribution >= 4 is 5.78 Å². The summed E-state index contributed by atoms with van der Waals surface area (Å²) in [5.41, 5.74) is 1.25. The summed E-state index contributed by atoms with van der Waals surface area (Å²) in [4.78, 5) is 13.9. The number of fused-ring (bicyclic) bond motifs is 2. The van der Waals surface area contributed by atoms with Crippen molar-refractivity contribution in [2.45, 2.75) is 64.6 Å². The lowest BCUT2D eigenvalue weighted by atomic mass is 9.39. The van der Waals surface area contributed by atoms with Crippen molar-refractivity contribution in [3.63, 3.8) is 0 Å². The second-order valence-electron chi connectivity index (χ2n) is 9.96. The van der Waals surface area contributed by atoms with Gasteiger partial charge < -0.3 is 9.47 Å². The van der Waals surface area contributed by atoms with E-state index in [1.54, 1.807) is 7.11 Å². The van der Waals surface area contributed by atoms with Crippen molar-refractivity contribution < 1.29 is 14.3 Å². The van der Waals surface area contributed by atoms with Crippen molar-refractivity contribution in [2.75, 3.05) is 13.7 Å². The van der Waals surface area contributed by atoms with Crippen molar-refractivity contribution in [3.8, 4) is 0 Å². The van der Waals surface area contributed by atoms with E-state index >= 15 is 0 Å². The van der Waals surface area contributed by atoms with Gasteiger partial charge in [-0.3, -0.25) is 4.79 Å². The molecule has 3 heteroatoms. The largest absolute Gasteiger partial charge is 0.347 e. The van der Waals surface area contributed by atoms with Gasteiger partial charge in [0.25, 0.3) is 0 Å². The van der Waals surface area contributed by atoms with E-state index in [0.717, 1.165) is 19.3 Å². The molecule has 1 heterocycles. The van der Waals surface area contributed by atoms with Gasteiger partial charge in [0, 0.05) is 23.9 Å². The Hall–Kier alpha value is -0.670. The third-order valence-corrected chi connectivity index (χ3v) is 8.89. The van der Waals surface area contributed by atoms with Crippen LogP contribution >= 0.6 is 0 Å². The van der Waals surface area contributed by atoms with E-state index in [4.69, 9.17) is 9.47 Å². The molecule has 3 nitrogen and oxygen atoms in total. The highest BCUT2D eigenvalue weighted by Crippen LogP contribution is 2.75. The molecule has 0 aromatic rings. The van der Waals surface area contributed by atoms with Crippen LogP contribution in [-0.4, -0.2) is 25.3 Å². The number of rotatable bonds is 1. The van der Waals surface area contributed by atoms with Gasteiger partial charge in [0.1, 0.15) is 0 Å². The van der Waals surface area contributed by atoms with Gasteiger partial charge in [0.2, 0.25) is 5.79 Å². The number of hydrogen-bond acceptors (Lipinski definition) is 3. The molecule has 24 heavy (non-hydrogen) atoms. The molecule has 0 radical (unpaired) electrons. The average Bonchev–Trinajstić information content (AvgIpc) is 3.00. The quantitative estimate of drug-likeness (QED) is 0.679. The minimum Gasteiger partial charge on any atom is -0.347 e. The van der Waals surface area contributed by atoms with Crippen LogP contribution in [0.25, 0.3) is 0 Å². The van der Waals surface area contributed by atoms with Crippen molar-refractivity contribution in [1.82, 2.24) is 0 Å². The Morgan fingerprint density at radius 3 is 2.79 bits per heavy atom. The first-order chi connectivity index (χ1) is 11.3. The molecule has 5 aliphatic rings. The molecule has 1 spiro atoms. The predicted molar refractivity (Wildman–Crippen MR) is 91.3 cm³/mol. The summed E-state index contributed by atoms with van der Waals surface area (Å²) in [7, 11) is 1.69. The summed E-state index contributed by atoms with van der Waals surface area (Å²) in [6.45, 7) is 9.79. The number of allylic oxidation sites excluding steroid dienone is 1. The van der Waals surface area contributed by atoms with Gasteiger partial charge in [-0.25, -0.2) is 0 Å². The number of carbonyl (C=O) groups excluding carboxylic acids is 1. The fraction of sp³-hybridized carbons (Fsp3) is 0.857. The predicted octanol–water partition coefficient (Wildman–Crippen LogP) is 4.12. The molecular weight excluding hydrogens is 300 g/mol. The lowest BCUT2D eigenvalue weighted by Gasteiger charge is -2.64. The normalized spacial score (nSPS) is 58.5. The number of ketones is 1. The van der Waals surface area contributed by atoms with E-state index in [0.29, 0.717) is 18.4 Å². The zero-order chi connectivity index (χ0) is 17.0. The highest BCUT2D eigenvalue weighted by atomic mass is 16.7. The average molecular weight is 330 g/mol. The first-order valence-corrected chi connectivity index (χ1v) is 9.74. The zero-order valence-electron chi connectivity index (χ0n) is 15.3. The first-order valence-electron chi connectivity index (χ1n) is 9.74. The number of hydrogen-bond donors (Lipinski definition) is 0. The molecule has 0 aromatic heterocycles. The Balaban J connectivity index is 1.74. The second kappa shape index (κ2) is 4.35. The third kappa shape index (κ3) is 1.44. The fourth-order valence-electron chi connectivity index (χ4n) is 8.26. The van der Waals surface area contributed by atoms with E-state index in [2.05, 4.69) is 20.4 Å². The molecule has 0 unspecified atom stereocenters. The molecule has 4 aliphatic carbocycles. The summed E-state index contributed by atoms with van der Waals surface area (Å²) in [5, 5.41) is 0. The molecule has 1 saturated heterocycles. The fourth-order valence-corrected chi connectivity index (χ4v) is 8.26. The first kappa shape index (κ1) is 15.6. The number of carbonyl (C=O) groups is 1. The van der Waals surface area contributed by atoms with Gasteiger partial charge in [-0.15, -0.1) is 0 Å². The summed E-state index contributed by atoms with van der Waals surface area (Å²) in [5.74, 6) is 0.467. The molecule has 7 atom stereocenters. The SMILES string of the molecule is C=C1C[C@]23C[C@H]1CC[C@H]2[C@]1(C)CCC[C@@]2(C)CO[C@@](OC)(C3=O)[C@H]21. The lowest BCUT2D eigenvalue weighted by Crippen LogP contribution is -2.70. The molecule has 0 aromatic carbocycles. The summed E-state index contributed by atoms with van der Waals surface area (Å²) in [6.07, 6.45) is 7.87. The van der Waals surface area contributed by atoms with Crippen LogP contribution in [0.2, 0.25) is 0 Å². The maximum absolute atomic E-state index is 13.9. The van der Waals surface area contributed by atoms with Crippen LogP contribution in [0.1, 0.15) is 58.8 Å². The van der Waals surface area contributed by atoms with Crippen molar-refractivity contribution in [3.05, 3.63) is 12.2 Å². The van der Waals surface area contributed by atoms with E-state index in [-0.39, 0.29) is 27.9 Å². The standard InChI is InChI=1S/C21H30O3/c1-13-10-20-11-14(13)6-7-15(20)19(3)9-5-8-18(2)12-24-21(23-4,16(18)19)17(20)22/h14-16H,1,5-12H2,2-4H3/t14-,15+,16-,18+,19+,20+,21-/m1/s1. The Kier molecular flexibility index (Phi) is 2.82. The molecule has 1 aliphatic heterocycles. The molecular formula is C21H30O3. The smallest absolute Gasteiger partial charge is 0.233 e. The minimum atomic E-state index is -1.01. The van der Waals surface area contributed by atoms with Gasteiger partial charge in [-0.2, -0.15) is 0 Å².